The van der Waals surface area contributed by atoms with E-state index in [0.29, 0.717) is 22.8 Å². The molecule has 8 heteroatoms. The normalized spacial score (nSPS) is 12.8. The summed E-state index contributed by atoms with van der Waals surface area (Å²) in [5.41, 5.74) is 3.21. The summed E-state index contributed by atoms with van der Waals surface area (Å²) < 4.78 is 1.81. The molecule has 30 heavy (non-hydrogen) atoms. The molecule has 7 nitrogen and oxygen atoms in total. The van der Waals surface area contributed by atoms with Gasteiger partial charge in [-0.2, -0.15) is 4.98 Å². The second kappa shape index (κ2) is 10.0. The summed E-state index contributed by atoms with van der Waals surface area (Å²) >= 11 is 1.31. The van der Waals surface area contributed by atoms with Crippen LogP contribution in [-0.4, -0.2) is 52.5 Å². The van der Waals surface area contributed by atoms with Crippen LogP contribution < -0.4 is 11.0 Å². The first kappa shape index (κ1) is 22.2. The fourth-order valence-electron chi connectivity index (χ4n) is 3.60. The van der Waals surface area contributed by atoms with E-state index in [1.807, 2.05) is 18.7 Å². The zero-order chi connectivity index (χ0) is 21.7. The van der Waals surface area contributed by atoms with Gasteiger partial charge in [0.05, 0.1) is 5.75 Å². The second-order valence-corrected chi connectivity index (χ2v) is 8.72. The topological polar surface area (TPSA) is 84.3 Å². The molecule has 0 spiro atoms. The van der Waals surface area contributed by atoms with Crippen LogP contribution in [-0.2, 0) is 24.2 Å². The van der Waals surface area contributed by atoms with Crippen LogP contribution in [0.4, 0.5) is 5.69 Å². The van der Waals surface area contributed by atoms with Crippen LogP contribution in [0.2, 0.25) is 0 Å². The van der Waals surface area contributed by atoms with E-state index in [0.717, 1.165) is 43.5 Å². The van der Waals surface area contributed by atoms with Crippen LogP contribution in [0.5, 0.6) is 0 Å². The first-order valence-corrected chi connectivity index (χ1v) is 11.1. The van der Waals surface area contributed by atoms with Gasteiger partial charge in [0, 0.05) is 29.1 Å². The lowest BCUT2D eigenvalue weighted by Crippen LogP contribution is -2.29. The number of aromatic nitrogens is 2. The van der Waals surface area contributed by atoms with Gasteiger partial charge in [0.15, 0.2) is 5.78 Å². The number of nitrogens with one attached hydrogen (secondary N) is 1. The smallest absolute Gasteiger partial charge is 0.325 e. The lowest BCUT2D eigenvalue weighted by atomic mass is 10.1. The van der Waals surface area contributed by atoms with Crippen molar-refractivity contribution in [1.82, 2.24) is 14.5 Å². The average molecular weight is 429 g/mol. The summed E-state index contributed by atoms with van der Waals surface area (Å²) in [5.74, 6) is -0.00284. The molecule has 0 saturated heterocycles. The van der Waals surface area contributed by atoms with Crippen molar-refractivity contribution in [2.24, 2.45) is 0 Å². The van der Waals surface area contributed by atoms with Crippen LogP contribution in [0, 0.1) is 0 Å². The maximum absolute atomic E-state index is 12.6. The van der Waals surface area contributed by atoms with Crippen LogP contribution >= 0.6 is 11.8 Å². The number of thioether (sulfide) groups is 1. The average Bonchev–Trinajstić information content (AvgIpc) is 3.18. The number of benzene rings is 1. The van der Waals surface area contributed by atoms with Crippen molar-refractivity contribution in [3.05, 3.63) is 51.6 Å². The van der Waals surface area contributed by atoms with Crippen molar-refractivity contribution < 1.29 is 9.59 Å². The number of nitrogens with zero attached hydrogens (tertiary/aromatic N) is 3. The van der Waals surface area contributed by atoms with Crippen molar-refractivity contribution in [3.8, 4) is 0 Å². The van der Waals surface area contributed by atoms with Gasteiger partial charge in [-0.15, -0.1) is 0 Å². The molecule has 1 aliphatic rings. The third-order valence-corrected chi connectivity index (χ3v) is 6.12. The number of ketones is 1. The Hall–Kier alpha value is -2.45. The lowest BCUT2D eigenvalue weighted by Gasteiger charge is -2.15. The minimum atomic E-state index is -0.225. The standard InChI is InChI=1S/C22H28N4O3S/c1-15(27)16-8-10-17(11-9-16)23-20(28)14-30-21-18-6-4-7-19(18)26(22(29)24-21)13-5-12-25(2)3/h8-11H,4-7,12-14H2,1-3H3,(H,23,28). The Labute approximate surface area is 180 Å². The quantitative estimate of drug-likeness (QED) is 0.376. The molecular weight excluding hydrogens is 400 g/mol. The Balaban J connectivity index is 1.64. The highest BCUT2D eigenvalue weighted by Crippen LogP contribution is 2.29. The highest BCUT2D eigenvalue weighted by Gasteiger charge is 2.22. The van der Waals surface area contributed by atoms with Crippen molar-refractivity contribution >= 4 is 29.1 Å². The Morgan fingerprint density at radius 3 is 2.60 bits per heavy atom. The fraction of sp³-hybridized carbons (Fsp3) is 0.455. The summed E-state index contributed by atoms with van der Waals surface area (Å²) in [5, 5.41) is 3.50. The number of hydrogen-bond donors (Lipinski definition) is 1. The van der Waals surface area contributed by atoms with Crippen LogP contribution in [0.1, 0.15) is 41.4 Å². The summed E-state index contributed by atoms with van der Waals surface area (Å²) in [6.45, 7) is 3.10. The lowest BCUT2D eigenvalue weighted by molar-refractivity contribution is -0.113. The summed E-state index contributed by atoms with van der Waals surface area (Å²) in [4.78, 5) is 42.7. The summed E-state index contributed by atoms with van der Waals surface area (Å²) in [6.07, 6.45) is 3.69. The van der Waals surface area contributed by atoms with Crippen molar-refractivity contribution in [2.45, 2.75) is 44.2 Å². The Bertz CT molecular complexity index is 983. The second-order valence-electron chi connectivity index (χ2n) is 7.76. The molecular formula is C22H28N4O3S. The molecule has 2 aromatic rings. The Kier molecular flexibility index (Phi) is 7.44. The van der Waals surface area contributed by atoms with Gasteiger partial charge >= 0.3 is 5.69 Å². The SMILES string of the molecule is CC(=O)c1ccc(NC(=O)CSc2nc(=O)n(CCCN(C)C)c3c2CCC3)cc1. The van der Waals surface area contributed by atoms with Gasteiger partial charge in [0.2, 0.25) is 5.91 Å². The molecule has 0 atom stereocenters. The summed E-state index contributed by atoms with van der Waals surface area (Å²) in [6, 6.07) is 6.80. The minimum Gasteiger partial charge on any atom is -0.325 e. The monoisotopic (exact) mass is 428 g/mol. The molecule has 0 unspecified atom stereocenters. The zero-order valence-corrected chi connectivity index (χ0v) is 18.6. The predicted molar refractivity (Wildman–Crippen MR) is 119 cm³/mol. The van der Waals surface area contributed by atoms with Gasteiger partial charge in [-0.1, -0.05) is 11.8 Å². The minimum absolute atomic E-state index is 0.0141. The van der Waals surface area contributed by atoms with Crippen molar-refractivity contribution in [2.75, 3.05) is 31.7 Å². The molecule has 1 aromatic heterocycles. The molecule has 1 heterocycles. The van der Waals surface area contributed by atoms with Crippen molar-refractivity contribution in [3.63, 3.8) is 0 Å². The first-order chi connectivity index (χ1) is 14.3. The van der Waals surface area contributed by atoms with Crippen LogP contribution in [0.15, 0.2) is 34.1 Å². The maximum atomic E-state index is 12.6. The highest BCUT2D eigenvalue weighted by molar-refractivity contribution is 8.00. The first-order valence-electron chi connectivity index (χ1n) is 10.2. The number of amides is 1. The van der Waals surface area contributed by atoms with E-state index in [-0.39, 0.29) is 23.1 Å². The molecule has 3 rings (SSSR count). The molecule has 0 aliphatic heterocycles. The van der Waals surface area contributed by atoms with E-state index in [1.54, 1.807) is 24.3 Å². The molecule has 1 aromatic carbocycles. The molecule has 1 N–H and O–H groups in total. The van der Waals surface area contributed by atoms with Gasteiger partial charge in [-0.05, 0) is 77.5 Å². The number of carbonyl (C=O) groups is 2. The van der Waals surface area contributed by atoms with Crippen molar-refractivity contribution in [1.29, 1.82) is 0 Å². The van der Waals surface area contributed by atoms with E-state index in [2.05, 4.69) is 15.2 Å². The van der Waals surface area contributed by atoms with Gasteiger partial charge in [-0.25, -0.2) is 4.79 Å². The third-order valence-electron chi connectivity index (χ3n) is 5.10. The van der Waals surface area contributed by atoms with E-state index in [9.17, 15) is 14.4 Å². The molecule has 0 saturated carbocycles. The van der Waals surface area contributed by atoms with E-state index < -0.39 is 0 Å². The third kappa shape index (κ3) is 5.58. The van der Waals surface area contributed by atoms with Crippen LogP contribution in [0.3, 0.4) is 0 Å². The molecule has 1 amide bonds. The number of anilines is 1. The number of fused-ring (bicyclic) bond motifs is 1. The number of rotatable bonds is 9. The molecule has 0 bridgehead atoms. The highest BCUT2D eigenvalue weighted by atomic mass is 32.2. The molecule has 0 radical (unpaired) electrons. The fourth-order valence-corrected chi connectivity index (χ4v) is 4.48. The largest absolute Gasteiger partial charge is 0.348 e. The number of hydrogen-bond acceptors (Lipinski definition) is 6. The Morgan fingerprint density at radius 2 is 1.93 bits per heavy atom. The molecule has 0 fully saturated rings. The molecule has 160 valence electrons. The van der Waals surface area contributed by atoms with Gasteiger partial charge in [-0.3, -0.25) is 14.2 Å². The van der Waals surface area contributed by atoms with Gasteiger partial charge < -0.3 is 10.2 Å². The van der Waals surface area contributed by atoms with Crippen LogP contribution in [0.25, 0.3) is 0 Å². The van der Waals surface area contributed by atoms with Gasteiger partial charge in [0.25, 0.3) is 0 Å². The number of carbonyl (C=O) groups excluding carboxylic acids is 2. The van der Waals surface area contributed by atoms with E-state index >= 15 is 0 Å². The number of Topliss-reactive ketones (excluding diaryl/α,β-unsaturated/α-hetero) is 1. The zero-order valence-electron chi connectivity index (χ0n) is 17.7. The van der Waals surface area contributed by atoms with E-state index in [4.69, 9.17) is 0 Å². The predicted octanol–water partition coefficient (Wildman–Crippen LogP) is 2.62. The Morgan fingerprint density at radius 1 is 1.20 bits per heavy atom. The van der Waals surface area contributed by atoms with E-state index in [1.165, 1.54) is 18.7 Å². The summed E-state index contributed by atoms with van der Waals surface area (Å²) in [7, 11) is 4.04. The molecule has 1 aliphatic carbocycles. The van der Waals surface area contributed by atoms with Gasteiger partial charge in [0.1, 0.15) is 5.03 Å². The maximum Gasteiger partial charge on any atom is 0.348 e.